The number of nitro groups is 1. The highest BCUT2D eigenvalue weighted by Crippen LogP contribution is 2.32. The van der Waals surface area contributed by atoms with Crippen LogP contribution in [0.25, 0.3) is 10.9 Å². The minimum Gasteiger partial charge on any atom is -0.477 e. The molecule has 1 saturated carbocycles. The zero-order chi connectivity index (χ0) is 26.5. The lowest BCUT2D eigenvalue weighted by molar-refractivity contribution is -0.385. The molecule has 0 N–H and O–H groups in total. The first-order chi connectivity index (χ1) is 18.5. The summed E-state index contributed by atoms with van der Waals surface area (Å²) in [6.07, 6.45) is 6.58. The van der Waals surface area contributed by atoms with Crippen LogP contribution >= 0.6 is 0 Å². The number of hydrogen-bond acceptors (Lipinski definition) is 8. The van der Waals surface area contributed by atoms with Crippen molar-refractivity contribution in [3.05, 3.63) is 74.3 Å². The number of carbonyl (C=O) groups is 1. The van der Waals surface area contributed by atoms with E-state index in [0.29, 0.717) is 48.6 Å². The maximum atomic E-state index is 13.4. The smallest absolute Gasteiger partial charge is 0.311 e. The fraction of sp³-hybridized carbons (Fsp3) is 0.407. The van der Waals surface area contributed by atoms with Crippen LogP contribution in [0.4, 0.5) is 5.69 Å². The summed E-state index contributed by atoms with van der Waals surface area (Å²) in [6, 6.07) is 11.5. The largest absolute Gasteiger partial charge is 0.477 e. The zero-order valence-electron chi connectivity index (χ0n) is 21.0. The molecule has 3 aromatic rings. The SMILES string of the molecule is O=C(COc1ccc(C=Nn2c(C3CCCCC3)nc3ccccc3c2=O)cc1[N+](=O)[O-])N1CCOCC1. The van der Waals surface area contributed by atoms with Gasteiger partial charge >= 0.3 is 5.69 Å². The fourth-order valence-electron chi connectivity index (χ4n) is 4.92. The van der Waals surface area contributed by atoms with Gasteiger partial charge in [0.2, 0.25) is 0 Å². The minimum absolute atomic E-state index is 0.0128. The Morgan fingerprint density at radius 2 is 1.92 bits per heavy atom. The van der Waals surface area contributed by atoms with Gasteiger partial charge in [-0.25, -0.2) is 4.98 Å². The number of nitro benzene ring substituents is 1. The summed E-state index contributed by atoms with van der Waals surface area (Å²) in [7, 11) is 0. The third-order valence-electron chi connectivity index (χ3n) is 6.97. The number of rotatable bonds is 7. The normalized spacial score (nSPS) is 16.7. The molecular weight excluding hydrogens is 490 g/mol. The molecule has 11 nitrogen and oxygen atoms in total. The van der Waals surface area contributed by atoms with Crippen LogP contribution in [-0.4, -0.2) is 64.5 Å². The Morgan fingerprint density at radius 3 is 2.68 bits per heavy atom. The van der Waals surface area contributed by atoms with Gasteiger partial charge in [-0.2, -0.15) is 9.78 Å². The highest BCUT2D eigenvalue weighted by Gasteiger charge is 2.23. The lowest BCUT2D eigenvalue weighted by Crippen LogP contribution is -2.43. The molecule has 0 atom stereocenters. The molecule has 11 heteroatoms. The van der Waals surface area contributed by atoms with Crippen LogP contribution in [0.5, 0.6) is 5.75 Å². The standard InChI is InChI=1S/C27H29N5O6/c33-25(30-12-14-37-15-13-30)18-38-24-11-10-19(16-23(24)32(35)36)17-28-31-26(20-6-2-1-3-7-20)29-22-9-5-4-8-21(22)27(31)34/h4-5,8-11,16-17,20H,1-3,6-7,12-15,18H2. The van der Waals surface area contributed by atoms with Crippen molar-refractivity contribution < 1.29 is 19.2 Å². The van der Waals surface area contributed by atoms with Gasteiger partial charge in [-0.1, -0.05) is 31.4 Å². The molecule has 0 radical (unpaired) electrons. The van der Waals surface area contributed by atoms with E-state index in [2.05, 4.69) is 5.10 Å². The van der Waals surface area contributed by atoms with E-state index >= 15 is 0 Å². The molecule has 2 aromatic carbocycles. The van der Waals surface area contributed by atoms with E-state index in [1.54, 1.807) is 23.1 Å². The van der Waals surface area contributed by atoms with Crippen LogP contribution in [-0.2, 0) is 9.53 Å². The molecule has 0 spiro atoms. The van der Waals surface area contributed by atoms with Gasteiger partial charge in [-0.3, -0.25) is 19.7 Å². The van der Waals surface area contributed by atoms with Gasteiger partial charge in [0, 0.05) is 30.6 Å². The van der Waals surface area contributed by atoms with Crippen LogP contribution in [0.3, 0.4) is 0 Å². The second kappa shape index (κ2) is 11.5. The Labute approximate surface area is 218 Å². The second-order valence-electron chi connectivity index (χ2n) is 9.45. The van der Waals surface area contributed by atoms with Crippen LogP contribution < -0.4 is 10.3 Å². The number of morpholine rings is 1. The van der Waals surface area contributed by atoms with E-state index in [4.69, 9.17) is 14.5 Å². The predicted molar refractivity (Wildman–Crippen MR) is 141 cm³/mol. The molecule has 5 rings (SSSR count). The highest BCUT2D eigenvalue weighted by atomic mass is 16.6. The van der Waals surface area contributed by atoms with E-state index in [-0.39, 0.29) is 35.4 Å². The van der Waals surface area contributed by atoms with Crippen molar-refractivity contribution >= 4 is 28.7 Å². The first-order valence-electron chi connectivity index (χ1n) is 12.8. The Hall–Kier alpha value is -4.12. The van der Waals surface area contributed by atoms with Gasteiger partial charge in [-0.05, 0) is 37.1 Å². The molecule has 0 bridgehead atoms. The lowest BCUT2D eigenvalue weighted by atomic mass is 9.88. The van der Waals surface area contributed by atoms with Crippen molar-refractivity contribution in [3.63, 3.8) is 0 Å². The van der Waals surface area contributed by atoms with E-state index in [0.717, 1.165) is 32.1 Å². The molecule has 1 amide bonds. The van der Waals surface area contributed by atoms with E-state index in [9.17, 15) is 19.7 Å². The summed E-state index contributed by atoms with van der Waals surface area (Å²) in [6.45, 7) is 1.53. The number of hydrogen-bond donors (Lipinski definition) is 0. The first-order valence-corrected chi connectivity index (χ1v) is 12.8. The van der Waals surface area contributed by atoms with Gasteiger partial charge in [0.15, 0.2) is 12.4 Å². The average Bonchev–Trinajstić information content (AvgIpc) is 2.96. The molecule has 2 heterocycles. The molecular formula is C27H29N5O6. The summed E-state index contributed by atoms with van der Waals surface area (Å²) in [5.74, 6) is 0.459. The van der Waals surface area contributed by atoms with Gasteiger partial charge in [-0.15, -0.1) is 0 Å². The molecule has 2 aliphatic rings. The summed E-state index contributed by atoms with van der Waals surface area (Å²) >= 11 is 0. The third kappa shape index (κ3) is 5.57. The molecule has 1 aliphatic heterocycles. The van der Waals surface area contributed by atoms with Gasteiger partial charge in [0.1, 0.15) is 5.82 Å². The van der Waals surface area contributed by atoms with Crippen molar-refractivity contribution in [2.24, 2.45) is 5.10 Å². The Kier molecular flexibility index (Phi) is 7.73. The number of para-hydroxylation sites is 1. The number of amides is 1. The van der Waals surface area contributed by atoms with E-state index < -0.39 is 4.92 Å². The summed E-state index contributed by atoms with van der Waals surface area (Å²) in [5, 5.41) is 16.7. The van der Waals surface area contributed by atoms with Crippen LogP contribution in [0.15, 0.2) is 52.4 Å². The number of carbonyl (C=O) groups excluding carboxylic acids is 1. The fourth-order valence-corrected chi connectivity index (χ4v) is 4.92. The molecule has 1 aliphatic carbocycles. The summed E-state index contributed by atoms with van der Waals surface area (Å²) in [5.41, 5.74) is 0.482. The van der Waals surface area contributed by atoms with Crippen molar-refractivity contribution in [3.8, 4) is 5.75 Å². The Bertz CT molecular complexity index is 1420. The monoisotopic (exact) mass is 519 g/mol. The highest BCUT2D eigenvalue weighted by molar-refractivity contribution is 5.82. The topological polar surface area (TPSA) is 129 Å². The number of nitrogens with zero attached hydrogens (tertiary/aromatic N) is 5. The minimum atomic E-state index is -0.566. The van der Waals surface area contributed by atoms with E-state index in [1.165, 1.54) is 23.0 Å². The molecule has 38 heavy (non-hydrogen) atoms. The molecule has 198 valence electrons. The molecule has 0 unspecified atom stereocenters. The molecule has 1 aromatic heterocycles. The predicted octanol–water partition coefficient (Wildman–Crippen LogP) is 3.47. The quantitative estimate of drug-likeness (QED) is 0.265. The van der Waals surface area contributed by atoms with Gasteiger partial charge in [0.05, 0.1) is 35.3 Å². The molecule has 2 fully saturated rings. The van der Waals surface area contributed by atoms with Crippen LogP contribution in [0.2, 0.25) is 0 Å². The summed E-state index contributed by atoms with van der Waals surface area (Å²) in [4.78, 5) is 43.3. The zero-order valence-corrected chi connectivity index (χ0v) is 21.0. The maximum Gasteiger partial charge on any atom is 0.311 e. The second-order valence-corrected chi connectivity index (χ2v) is 9.45. The maximum absolute atomic E-state index is 13.4. The average molecular weight is 520 g/mol. The van der Waals surface area contributed by atoms with Crippen LogP contribution in [0, 0.1) is 10.1 Å². The number of benzene rings is 2. The Balaban J connectivity index is 1.42. The van der Waals surface area contributed by atoms with Crippen LogP contribution in [0.1, 0.15) is 49.4 Å². The van der Waals surface area contributed by atoms with Crippen molar-refractivity contribution in [2.45, 2.75) is 38.0 Å². The van der Waals surface area contributed by atoms with Crippen molar-refractivity contribution in [1.82, 2.24) is 14.6 Å². The van der Waals surface area contributed by atoms with Gasteiger partial charge in [0.25, 0.3) is 11.5 Å². The van der Waals surface area contributed by atoms with Crippen molar-refractivity contribution in [2.75, 3.05) is 32.9 Å². The third-order valence-corrected chi connectivity index (χ3v) is 6.97. The lowest BCUT2D eigenvalue weighted by Gasteiger charge is -2.26. The van der Waals surface area contributed by atoms with Crippen molar-refractivity contribution in [1.29, 1.82) is 0 Å². The molecule has 1 saturated heterocycles. The summed E-state index contributed by atoms with van der Waals surface area (Å²) < 4.78 is 12.1. The number of ether oxygens (including phenoxy) is 2. The number of fused-ring (bicyclic) bond motifs is 1. The van der Waals surface area contributed by atoms with Gasteiger partial charge < -0.3 is 14.4 Å². The first kappa shape index (κ1) is 25.5. The van der Waals surface area contributed by atoms with E-state index in [1.807, 2.05) is 12.1 Å². The number of aromatic nitrogens is 2. The Morgan fingerprint density at radius 1 is 1.16 bits per heavy atom.